The van der Waals surface area contributed by atoms with Crippen molar-refractivity contribution in [3.63, 3.8) is 0 Å². The molecule has 2 saturated heterocycles. The van der Waals surface area contributed by atoms with E-state index >= 15 is 0 Å². The molecule has 0 bridgehead atoms. The number of hydrogen-bond acceptors (Lipinski definition) is 11. The molecule has 3 unspecified atom stereocenters. The van der Waals surface area contributed by atoms with Gasteiger partial charge in [0.05, 0.1) is 24.2 Å². The number of carbonyl (C=O) groups excluding carboxylic acids is 8. The average molecular weight is 1020 g/mol. The second kappa shape index (κ2) is 27.6. The first-order valence-corrected chi connectivity index (χ1v) is 25.4. The van der Waals surface area contributed by atoms with E-state index in [1.54, 1.807) is 27.9 Å². The van der Waals surface area contributed by atoms with Crippen LogP contribution in [0.2, 0.25) is 0 Å². The first-order chi connectivity index (χ1) is 34.2. The highest BCUT2D eigenvalue weighted by Gasteiger charge is 2.46. The molecular formula is C53H84N12O8. The van der Waals surface area contributed by atoms with Crippen LogP contribution >= 0.6 is 0 Å². The third kappa shape index (κ3) is 17.1. The summed E-state index contributed by atoms with van der Waals surface area (Å²) in [6.07, 6.45) is 5.72. The van der Waals surface area contributed by atoms with Crippen LogP contribution in [-0.2, 0) is 35.8 Å². The maximum absolute atomic E-state index is 14.5. The number of amides is 8. The fourth-order valence-corrected chi connectivity index (χ4v) is 8.38. The summed E-state index contributed by atoms with van der Waals surface area (Å²) in [4.78, 5) is 113. The fraction of sp³-hybridized carbons (Fsp3) is 0.604. The number of nitrogens with zero attached hydrogens (tertiary/aromatic N) is 4. The van der Waals surface area contributed by atoms with Crippen molar-refractivity contribution >= 4 is 47.3 Å². The molecule has 2 aromatic rings. The van der Waals surface area contributed by atoms with Crippen LogP contribution in [0.4, 0.5) is 0 Å². The molecular weight excluding hydrogens is 933 g/mol. The lowest BCUT2D eigenvalue weighted by atomic mass is 9.85. The summed E-state index contributed by atoms with van der Waals surface area (Å²) < 4.78 is 1.24. The number of benzene rings is 1. The quantitative estimate of drug-likeness (QED) is 0.0950. The molecule has 0 radical (unpaired) electrons. The Morgan fingerprint density at radius 1 is 0.658 bits per heavy atom. The van der Waals surface area contributed by atoms with Crippen molar-refractivity contribution < 1.29 is 38.4 Å². The highest BCUT2D eigenvalue weighted by atomic mass is 16.2. The molecule has 10 atom stereocenters. The number of likely N-dealkylation sites (tertiary alicyclic amines) is 2. The number of aryl methyl sites for hydroxylation is 1. The molecule has 1 aromatic heterocycles. The number of allylic oxidation sites excluding steroid dienone is 2. The Morgan fingerprint density at radius 3 is 1.64 bits per heavy atom. The Morgan fingerprint density at radius 2 is 1.15 bits per heavy atom. The Hall–Kier alpha value is -6.41. The molecule has 2 aliphatic rings. The third-order valence-electron chi connectivity index (χ3n) is 12.8. The molecule has 20 heteroatoms. The highest BCUT2D eigenvalue weighted by Crippen LogP contribution is 2.28. The standard InChI is InChI=1S/C49H74N12O8.C4H10/c1-14-19-32(15-2)27(3)52-45(66)38-22-34(25-60(38)47(68)31(7)54-41(62)29(5)50-11)55-43(64)36-24-37(59(13)58-36)44(65)56-35-23-39(46(67)53-28(4)33-20-17-16-18-21-33)61(26-35)48(69)40(49(8,9)10)57-42(63)30(6)51-12;1-4(2)3/h14-21,24,27-31,34-35,38-40,50-51H,22-23,25-26H2,1-13H3,(H,52,66)(H,53,67)(H,54,62)(H,55,64)(H,56,65)(H,57,63);4H,1-3H3/b19-14-,32-15+;/t27-,28?,29+,30+,31+,34?,35+,38+,39+,40?;/m1./s1. The van der Waals surface area contributed by atoms with Crippen molar-refractivity contribution in [2.24, 2.45) is 18.4 Å². The summed E-state index contributed by atoms with van der Waals surface area (Å²) in [5.41, 5.74) is 0.863. The van der Waals surface area contributed by atoms with Crippen LogP contribution in [0, 0.1) is 11.3 Å². The van der Waals surface area contributed by atoms with E-state index in [1.165, 1.54) is 34.5 Å². The van der Waals surface area contributed by atoms with Crippen LogP contribution in [0.3, 0.4) is 0 Å². The zero-order valence-electron chi connectivity index (χ0n) is 45.9. The third-order valence-corrected chi connectivity index (χ3v) is 12.8. The van der Waals surface area contributed by atoms with Gasteiger partial charge in [-0.05, 0) is 97.9 Å². The van der Waals surface area contributed by atoms with Gasteiger partial charge in [-0.15, -0.1) is 0 Å². The van der Waals surface area contributed by atoms with Gasteiger partial charge in [-0.3, -0.25) is 43.0 Å². The number of rotatable bonds is 19. The molecule has 0 aliphatic carbocycles. The molecule has 20 nitrogen and oxygen atoms in total. The summed E-state index contributed by atoms with van der Waals surface area (Å²) >= 11 is 0. The van der Waals surface area contributed by atoms with E-state index < -0.39 is 113 Å². The fourth-order valence-electron chi connectivity index (χ4n) is 8.38. The molecule has 0 spiro atoms. The maximum Gasteiger partial charge on any atom is 0.272 e. The minimum atomic E-state index is -1.01. The lowest BCUT2D eigenvalue weighted by Gasteiger charge is -2.36. The van der Waals surface area contributed by atoms with Gasteiger partial charge in [-0.25, -0.2) is 0 Å². The predicted molar refractivity (Wildman–Crippen MR) is 282 cm³/mol. The number of aromatic nitrogens is 2. The predicted octanol–water partition coefficient (Wildman–Crippen LogP) is 2.64. The van der Waals surface area contributed by atoms with Gasteiger partial charge in [0, 0.05) is 38.3 Å². The molecule has 8 amide bonds. The molecule has 0 saturated carbocycles. The number of carbonyl (C=O) groups is 8. The zero-order chi connectivity index (χ0) is 55.1. The minimum Gasteiger partial charge on any atom is -0.348 e. The van der Waals surface area contributed by atoms with Crippen molar-refractivity contribution in [1.29, 1.82) is 0 Å². The van der Waals surface area contributed by atoms with Crippen LogP contribution in [-0.4, -0.2) is 148 Å². The van der Waals surface area contributed by atoms with Gasteiger partial charge in [-0.2, -0.15) is 5.10 Å². The molecule has 404 valence electrons. The number of likely N-dealkylation sites (N-methyl/N-ethyl adjacent to an activating group) is 2. The lowest BCUT2D eigenvalue weighted by molar-refractivity contribution is -0.144. The number of nitrogens with one attached hydrogen (secondary N) is 8. The first-order valence-electron chi connectivity index (χ1n) is 25.4. The Kier molecular flexibility index (Phi) is 23.0. The van der Waals surface area contributed by atoms with E-state index in [4.69, 9.17) is 0 Å². The Balaban J connectivity index is 0.00000338. The maximum atomic E-state index is 14.5. The van der Waals surface area contributed by atoms with E-state index in [2.05, 4.69) is 68.4 Å². The zero-order valence-corrected chi connectivity index (χ0v) is 45.9. The van der Waals surface area contributed by atoms with Crippen LogP contribution in [0.15, 0.2) is 60.2 Å². The van der Waals surface area contributed by atoms with Gasteiger partial charge in [0.15, 0.2) is 5.69 Å². The van der Waals surface area contributed by atoms with Crippen molar-refractivity contribution in [1.82, 2.24) is 62.1 Å². The van der Waals surface area contributed by atoms with Crippen LogP contribution in [0.1, 0.15) is 135 Å². The second-order valence-corrected chi connectivity index (χ2v) is 20.8. The average Bonchev–Trinajstić information content (AvgIpc) is 4.08. The molecule has 1 aromatic carbocycles. The van der Waals surface area contributed by atoms with E-state index in [1.807, 2.05) is 97.0 Å². The summed E-state index contributed by atoms with van der Waals surface area (Å²) in [6, 6.07) is 3.28. The van der Waals surface area contributed by atoms with Crippen molar-refractivity contribution in [2.75, 3.05) is 27.2 Å². The van der Waals surface area contributed by atoms with Gasteiger partial charge >= 0.3 is 0 Å². The summed E-state index contributed by atoms with van der Waals surface area (Å²) in [5.74, 6) is -3.09. The van der Waals surface area contributed by atoms with E-state index in [-0.39, 0.29) is 37.3 Å². The first kappa shape index (κ1) is 60.9. The van der Waals surface area contributed by atoms with Crippen LogP contribution in [0.5, 0.6) is 0 Å². The summed E-state index contributed by atoms with van der Waals surface area (Å²) in [7, 11) is 4.75. The molecule has 8 N–H and O–H groups in total. The topological polar surface area (TPSA) is 257 Å². The number of hydrogen-bond donors (Lipinski definition) is 8. The van der Waals surface area contributed by atoms with Crippen molar-refractivity contribution in [2.45, 2.75) is 163 Å². The van der Waals surface area contributed by atoms with Crippen molar-refractivity contribution in [3.8, 4) is 0 Å². The minimum absolute atomic E-state index is 0.0141. The monoisotopic (exact) mass is 1020 g/mol. The SMILES string of the molecule is C/C=C\C(=C/C)[C@@H](C)NC(=O)[C@@H]1CC(NC(=O)c2cc(C(=O)N[C@H]3C[C@@H](C(=O)NC(C)c4ccccc4)N(C(=O)C(NC(=O)[C@H](C)NC)C(C)(C)C)C3)n(C)n2)CN1C(=O)[C@H](C)NC(=O)[C@H](C)NC.CC(C)C. The van der Waals surface area contributed by atoms with E-state index in [9.17, 15) is 38.4 Å². The largest absolute Gasteiger partial charge is 0.348 e. The van der Waals surface area contributed by atoms with Gasteiger partial charge < -0.3 is 52.3 Å². The lowest BCUT2D eigenvalue weighted by Crippen LogP contribution is -2.59. The van der Waals surface area contributed by atoms with E-state index in [0.717, 1.165) is 17.1 Å². The smallest absolute Gasteiger partial charge is 0.272 e. The van der Waals surface area contributed by atoms with Crippen molar-refractivity contribution in [3.05, 3.63) is 77.2 Å². The van der Waals surface area contributed by atoms with Crippen LogP contribution < -0.4 is 42.5 Å². The molecule has 3 heterocycles. The molecule has 2 aliphatic heterocycles. The van der Waals surface area contributed by atoms with Gasteiger partial charge in [0.25, 0.3) is 11.8 Å². The van der Waals surface area contributed by atoms with Crippen LogP contribution in [0.25, 0.3) is 0 Å². The Labute approximate surface area is 432 Å². The normalized spacial score (nSPS) is 20.4. The summed E-state index contributed by atoms with van der Waals surface area (Å²) in [5, 5.41) is 27.4. The van der Waals surface area contributed by atoms with Gasteiger partial charge in [0.2, 0.25) is 35.4 Å². The second-order valence-electron chi connectivity index (χ2n) is 20.8. The molecule has 73 heavy (non-hydrogen) atoms. The highest BCUT2D eigenvalue weighted by molar-refractivity contribution is 5.99. The Bertz CT molecular complexity index is 2300. The van der Waals surface area contributed by atoms with Gasteiger partial charge in [-0.1, -0.05) is 90.1 Å². The summed E-state index contributed by atoms with van der Waals surface area (Å²) in [6.45, 7) is 24.1. The van der Waals surface area contributed by atoms with Gasteiger partial charge in [0.1, 0.15) is 29.9 Å². The molecule has 2 fully saturated rings. The molecule has 4 rings (SSSR count). The van der Waals surface area contributed by atoms with E-state index in [0.29, 0.717) is 0 Å².